The molecule has 0 bridgehead atoms. The van der Waals surface area contributed by atoms with Crippen LogP contribution in [0.1, 0.15) is 25.3 Å². The fourth-order valence-corrected chi connectivity index (χ4v) is 5.58. The second-order valence-electron chi connectivity index (χ2n) is 8.00. The maximum absolute atomic E-state index is 13.3. The molecule has 0 radical (unpaired) electrons. The zero-order chi connectivity index (χ0) is 20.6. The molecule has 1 aromatic heterocycles. The number of hydrogen-bond acceptors (Lipinski definition) is 4. The van der Waals surface area contributed by atoms with Gasteiger partial charge >= 0.3 is 0 Å². The van der Waals surface area contributed by atoms with Gasteiger partial charge in [0.05, 0.1) is 5.92 Å². The van der Waals surface area contributed by atoms with E-state index in [2.05, 4.69) is 18.8 Å². The minimum Gasteiger partial charge on any atom is -0.334 e. The molecule has 29 heavy (non-hydrogen) atoms. The van der Waals surface area contributed by atoms with E-state index in [9.17, 15) is 13.2 Å². The van der Waals surface area contributed by atoms with Crippen LogP contribution in [0.2, 0.25) is 0 Å². The Hall–Kier alpha value is -2.51. The van der Waals surface area contributed by atoms with Gasteiger partial charge in [0.1, 0.15) is 4.90 Å². The molecule has 0 saturated heterocycles. The monoisotopic (exact) mass is 411 g/mol. The number of hydrogen-bond donors (Lipinski definition) is 0. The summed E-state index contributed by atoms with van der Waals surface area (Å²) in [5, 5.41) is 0. The van der Waals surface area contributed by atoms with Gasteiger partial charge in [0, 0.05) is 38.6 Å². The fourth-order valence-electron chi connectivity index (χ4n) is 4.19. The molecule has 2 aliphatic rings. The molecule has 3 heterocycles. The van der Waals surface area contributed by atoms with E-state index < -0.39 is 10.0 Å². The predicted octanol–water partition coefficient (Wildman–Crippen LogP) is 2.66. The number of rotatable bonds is 5. The van der Waals surface area contributed by atoms with Crippen LogP contribution in [0.4, 0.5) is 0 Å². The van der Waals surface area contributed by atoms with Crippen molar-refractivity contribution in [1.29, 1.82) is 0 Å². The highest BCUT2D eigenvalue weighted by Crippen LogP contribution is 2.33. The van der Waals surface area contributed by atoms with Crippen LogP contribution in [0.3, 0.4) is 0 Å². The Labute approximate surface area is 171 Å². The molecule has 4 rings (SSSR count). The number of pyridine rings is 1. The summed E-state index contributed by atoms with van der Waals surface area (Å²) in [6, 6.07) is 13.1. The summed E-state index contributed by atoms with van der Waals surface area (Å²) < 4.78 is 27.2. The van der Waals surface area contributed by atoms with E-state index in [1.54, 1.807) is 18.3 Å². The van der Waals surface area contributed by atoms with E-state index in [0.29, 0.717) is 26.2 Å². The van der Waals surface area contributed by atoms with Crippen molar-refractivity contribution < 1.29 is 13.2 Å². The van der Waals surface area contributed by atoms with Gasteiger partial charge in [0.2, 0.25) is 15.9 Å². The van der Waals surface area contributed by atoms with Crippen LogP contribution in [-0.4, -0.2) is 54.7 Å². The van der Waals surface area contributed by atoms with Crippen LogP contribution in [0.5, 0.6) is 0 Å². The van der Waals surface area contributed by atoms with Gasteiger partial charge in [-0.1, -0.05) is 44.2 Å². The lowest BCUT2D eigenvalue weighted by atomic mass is 9.87. The zero-order valence-electron chi connectivity index (χ0n) is 16.7. The second-order valence-corrected chi connectivity index (χ2v) is 9.93. The molecule has 1 amide bonds. The Morgan fingerprint density at radius 1 is 0.966 bits per heavy atom. The topological polar surface area (TPSA) is 70.6 Å². The Balaban J connectivity index is 1.46. The maximum atomic E-state index is 13.3. The van der Waals surface area contributed by atoms with Crippen LogP contribution < -0.4 is 0 Å². The number of benzene rings is 1. The standard InChI is InChI=1S/C22H25N3O3S/c1-16(2)21(17-7-4-3-5-8-17)22(26)24-12-18-14-25(15-19(18)13-24)29(27,28)20-9-6-10-23-11-20/h3-11,16,21H,12-15H2,1-2H3/t21-/m1/s1. The Kier molecular flexibility index (Phi) is 5.27. The highest BCUT2D eigenvalue weighted by atomic mass is 32.2. The van der Waals surface area contributed by atoms with Gasteiger partial charge < -0.3 is 4.90 Å². The van der Waals surface area contributed by atoms with E-state index in [4.69, 9.17) is 0 Å². The number of sulfonamides is 1. The largest absolute Gasteiger partial charge is 0.334 e. The van der Waals surface area contributed by atoms with Crippen molar-refractivity contribution in [1.82, 2.24) is 14.2 Å². The highest BCUT2D eigenvalue weighted by Gasteiger charge is 2.39. The number of amides is 1. The summed E-state index contributed by atoms with van der Waals surface area (Å²) in [5.41, 5.74) is 3.11. The van der Waals surface area contributed by atoms with Gasteiger partial charge in [-0.15, -0.1) is 0 Å². The molecule has 1 aromatic carbocycles. The van der Waals surface area contributed by atoms with Crippen molar-refractivity contribution >= 4 is 15.9 Å². The van der Waals surface area contributed by atoms with E-state index >= 15 is 0 Å². The number of aromatic nitrogens is 1. The number of nitrogens with zero attached hydrogens (tertiary/aromatic N) is 3. The summed E-state index contributed by atoms with van der Waals surface area (Å²) in [5.74, 6) is 0.108. The third kappa shape index (κ3) is 3.72. The third-order valence-corrected chi connectivity index (χ3v) is 7.45. The van der Waals surface area contributed by atoms with Crippen LogP contribution in [0.25, 0.3) is 0 Å². The Morgan fingerprint density at radius 2 is 1.62 bits per heavy atom. The van der Waals surface area contributed by atoms with Crippen molar-refractivity contribution in [2.75, 3.05) is 26.2 Å². The molecular formula is C22H25N3O3S. The maximum Gasteiger partial charge on any atom is 0.245 e. The predicted molar refractivity (Wildman–Crippen MR) is 111 cm³/mol. The van der Waals surface area contributed by atoms with Crippen LogP contribution >= 0.6 is 0 Å². The van der Waals surface area contributed by atoms with Gasteiger partial charge in [0.15, 0.2) is 0 Å². The third-order valence-electron chi connectivity index (χ3n) is 5.67. The number of carbonyl (C=O) groups is 1. The molecule has 0 spiro atoms. The van der Waals surface area contributed by atoms with Gasteiger partial charge in [-0.25, -0.2) is 8.42 Å². The van der Waals surface area contributed by atoms with Crippen molar-refractivity contribution in [3.05, 3.63) is 71.6 Å². The minimum absolute atomic E-state index is 0.113. The lowest BCUT2D eigenvalue weighted by Gasteiger charge is -2.28. The van der Waals surface area contributed by atoms with E-state index in [0.717, 1.165) is 16.7 Å². The lowest BCUT2D eigenvalue weighted by molar-refractivity contribution is -0.132. The van der Waals surface area contributed by atoms with Crippen LogP contribution in [-0.2, 0) is 14.8 Å². The smallest absolute Gasteiger partial charge is 0.245 e. The quantitative estimate of drug-likeness (QED) is 0.710. The molecule has 6 nitrogen and oxygen atoms in total. The molecule has 0 saturated carbocycles. The van der Waals surface area contributed by atoms with E-state index in [1.165, 1.54) is 10.5 Å². The molecule has 2 aromatic rings. The Bertz CT molecular complexity index is 1020. The summed E-state index contributed by atoms with van der Waals surface area (Å²) in [4.78, 5) is 19.3. The summed E-state index contributed by atoms with van der Waals surface area (Å²) in [6.45, 7) is 5.82. The molecule has 1 atom stereocenters. The fraction of sp³-hybridized carbons (Fsp3) is 0.364. The first-order valence-electron chi connectivity index (χ1n) is 9.81. The van der Waals surface area contributed by atoms with Gasteiger partial charge in [-0.3, -0.25) is 9.78 Å². The average Bonchev–Trinajstić information content (AvgIpc) is 3.29. The molecule has 152 valence electrons. The van der Waals surface area contributed by atoms with Crippen LogP contribution in [0.15, 0.2) is 70.9 Å². The highest BCUT2D eigenvalue weighted by molar-refractivity contribution is 7.89. The second kappa shape index (κ2) is 7.72. The van der Waals surface area contributed by atoms with E-state index in [1.807, 2.05) is 35.2 Å². The van der Waals surface area contributed by atoms with Gasteiger partial charge in [-0.05, 0) is 34.8 Å². The first-order valence-corrected chi connectivity index (χ1v) is 11.3. The molecule has 0 N–H and O–H groups in total. The molecule has 2 aliphatic heterocycles. The molecule has 7 heteroatoms. The normalized spacial score (nSPS) is 18.4. The van der Waals surface area contributed by atoms with E-state index in [-0.39, 0.29) is 22.6 Å². The molecule has 0 fully saturated rings. The van der Waals surface area contributed by atoms with Gasteiger partial charge in [0.25, 0.3) is 0 Å². The number of carbonyl (C=O) groups excluding carboxylic acids is 1. The average molecular weight is 412 g/mol. The van der Waals surface area contributed by atoms with Crippen molar-refractivity contribution in [3.8, 4) is 0 Å². The van der Waals surface area contributed by atoms with Crippen molar-refractivity contribution in [2.24, 2.45) is 5.92 Å². The SMILES string of the molecule is CC(C)[C@@H](C(=O)N1CC2=C(C1)CN(S(=O)(=O)c1cccnc1)C2)c1ccccc1. The van der Waals surface area contributed by atoms with Gasteiger partial charge in [-0.2, -0.15) is 4.31 Å². The van der Waals surface area contributed by atoms with Crippen molar-refractivity contribution in [2.45, 2.75) is 24.7 Å². The molecular weight excluding hydrogens is 386 g/mol. The molecule has 0 aliphatic carbocycles. The molecule has 0 unspecified atom stereocenters. The summed E-state index contributed by atoms with van der Waals surface area (Å²) in [7, 11) is -3.57. The summed E-state index contributed by atoms with van der Waals surface area (Å²) in [6.07, 6.45) is 2.93. The minimum atomic E-state index is -3.57. The first kappa shape index (κ1) is 19.8. The first-order chi connectivity index (χ1) is 13.9. The van der Waals surface area contributed by atoms with Crippen molar-refractivity contribution in [3.63, 3.8) is 0 Å². The summed E-state index contributed by atoms with van der Waals surface area (Å²) >= 11 is 0. The van der Waals surface area contributed by atoms with Crippen LogP contribution in [0, 0.1) is 5.92 Å². The zero-order valence-corrected chi connectivity index (χ0v) is 17.5. The Morgan fingerprint density at radius 3 is 2.17 bits per heavy atom. The lowest BCUT2D eigenvalue weighted by Crippen LogP contribution is -2.39.